The molecule has 0 amide bonds. The fourth-order valence-corrected chi connectivity index (χ4v) is 8.71. The highest BCUT2D eigenvalue weighted by Crippen LogP contribution is 2.40. The summed E-state index contributed by atoms with van der Waals surface area (Å²) in [5.41, 5.74) is 32.8. The first-order valence-electron chi connectivity index (χ1n) is 22.1. The van der Waals surface area contributed by atoms with Gasteiger partial charge in [-0.15, -0.1) is 0 Å². The number of fused-ring (bicyclic) bond motifs is 2. The molecule has 4 aromatic rings. The van der Waals surface area contributed by atoms with Gasteiger partial charge in [0.2, 0.25) is 0 Å². The molecular formula is C47H51N9O12. The number of carbonyl (C=O) groups is 1. The van der Waals surface area contributed by atoms with Gasteiger partial charge in [-0.3, -0.25) is 0 Å². The van der Waals surface area contributed by atoms with E-state index in [0.29, 0.717) is 0 Å². The Labute approximate surface area is 391 Å². The van der Waals surface area contributed by atoms with Crippen LogP contribution in [-0.2, 0) is 83.3 Å². The van der Waals surface area contributed by atoms with Gasteiger partial charge in [-0.2, -0.15) is 0 Å². The lowest BCUT2D eigenvalue weighted by atomic mass is 9.94. The van der Waals surface area contributed by atoms with Crippen LogP contribution in [0.1, 0.15) is 29.2 Å². The van der Waals surface area contributed by atoms with E-state index in [0.717, 1.165) is 22.3 Å². The molecule has 4 aromatic carbocycles. The molecule has 0 aromatic heterocycles. The second-order valence-corrected chi connectivity index (χ2v) is 16.4. The van der Waals surface area contributed by atoms with Crippen LogP contribution in [0.4, 0.5) is 0 Å². The molecule has 68 heavy (non-hydrogen) atoms. The average molecular weight is 934 g/mol. The van der Waals surface area contributed by atoms with E-state index in [1.54, 1.807) is 6.92 Å². The van der Waals surface area contributed by atoms with Crippen molar-refractivity contribution in [2.45, 2.75) is 125 Å². The molecule has 4 aliphatic rings. The third-order valence-electron chi connectivity index (χ3n) is 12.0. The largest absolute Gasteiger partial charge is 0.467 e. The molecule has 21 nitrogen and oxygen atoms in total. The first-order valence-corrected chi connectivity index (χ1v) is 22.1. The van der Waals surface area contributed by atoms with Crippen molar-refractivity contribution in [3.8, 4) is 0 Å². The summed E-state index contributed by atoms with van der Waals surface area (Å²) in [4.78, 5) is 23.5. The number of ether oxygens (including phenoxy) is 11. The molecule has 0 N–H and O–H groups in total. The lowest BCUT2D eigenvalue weighted by molar-refractivity contribution is -0.350. The molecule has 2 bridgehead atoms. The van der Waals surface area contributed by atoms with Gasteiger partial charge in [0.1, 0.15) is 54.8 Å². The van der Waals surface area contributed by atoms with E-state index < -0.39 is 97.9 Å². The van der Waals surface area contributed by atoms with E-state index >= 15 is 0 Å². The summed E-state index contributed by atoms with van der Waals surface area (Å²) in [5.74, 6) is -0.890. The molecule has 0 saturated carbocycles. The summed E-state index contributed by atoms with van der Waals surface area (Å²) in [6.07, 6.45) is -13.9. The predicted molar refractivity (Wildman–Crippen MR) is 238 cm³/mol. The maximum absolute atomic E-state index is 14.1. The second kappa shape index (κ2) is 23.7. The topological polar surface area (TPSA) is 265 Å². The van der Waals surface area contributed by atoms with Crippen LogP contribution >= 0.6 is 0 Å². The highest BCUT2D eigenvalue weighted by Gasteiger charge is 2.58. The predicted octanol–water partition coefficient (Wildman–Crippen LogP) is 7.53. The standard InChI is InChI=1S/C47H51N9O12/c1-28-34(51-54-48)38(59-23-29-15-7-3-8-16-29)43(62-26-32-21-13-6-14-22-32)47(64-28)67-41-40(61-25-31-19-11-5-12-20-31)36(53-56-50)46(68-42(41)44(57)58-2)66-37-33-27-63-45(65-33)35(52-55-49)39(37)60-24-30-17-9-4-10-18-30/h3-22,28,33-43,45-47H,23-27H2,1-2H3/t28-,33-,34+,35-,36+,37-,38+,39-,40-,41+,42+,43-,45-,46+,47-/m1/s1. The SMILES string of the molecule is COC(=O)[C@H]1O[C@H](O[C@H]2[C@H](OCc3ccccc3)[C@@H](N=[N+]=[N-])[C@@H]3OC[C@H]2O3)[C@@H](N=[N+]=[N-])[C@@H](OCc2ccccc2)[C@@H]1O[C@H]1O[C@H](C)[C@H](N=[N+]=[N-])[C@H](OCc2ccccc2)[C@H]1OCc1ccccc1. The van der Waals surface area contributed by atoms with Gasteiger partial charge in [-0.25, -0.2) is 4.79 Å². The Bertz CT molecular complexity index is 2380. The Kier molecular flexibility index (Phi) is 16.9. The van der Waals surface area contributed by atoms with Gasteiger partial charge in [-0.1, -0.05) is 137 Å². The van der Waals surface area contributed by atoms with Gasteiger partial charge in [-0.05, 0) is 45.8 Å². The maximum atomic E-state index is 14.1. The van der Waals surface area contributed by atoms with E-state index in [1.807, 2.05) is 121 Å². The molecule has 4 aliphatic heterocycles. The number of esters is 1. The average Bonchev–Trinajstić information content (AvgIpc) is 3.82. The summed E-state index contributed by atoms with van der Waals surface area (Å²) < 4.78 is 70.3. The number of rotatable bonds is 20. The summed E-state index contributed by atoms with van der Waals surface area (Å²) in [6.45, 7) is 1.96. The molecular weight excluding hydrogens is 883 g/mol. The second-order valence-electron chi connectivity index (χ2n) is 16.4. The van der Waals surface area contributed by atoms with Gasteiger partial charge in [0.15, 0.2) is 25.0 Å². The fourth-order valence-electron chi connectivity index (χ4n) is 8.71. The Morgan fingerprint density at radius 1 is 0.544 bits per heavy atom. The van der Waals surface area contributed by atoms with Crippen molar-refractivity contribution < 1.29 is 56.9 Å². The van der Waals surface area contributed by atoms with Crippen molar-refractivity contribution in [2.75, 3.05) is 13.7 Å². The quantitative estimate of drug-likeness (QED) is 0.0360. The van der Waals surface area contributed by atoms with E-state index in [9.17, 15) is 21.4 Å². The van der Waals surface area contributed by atoms with Gasteiger partial charge in [0.05, 0.1) is 52.3 Å². The number of hydrogen-bond acceptors (Lipinski definition) is 15. The van der Waals surface area contributed by atoms with Crippen LogP contribution in [0.15, 0.2) is 137 Å². The smallest absolute Gasteiger partial charge is 0.337 e. The number of benzene rings is 4. The van der Waals surface area contributed by atoms with Crippen LogP contribution < -0.4 is 0 Å². The van der Waals surface area contributed by atoms with E-state index in [1.165, 1.54) is 7.11 Å². The van der Waals surface area contributed by atoms with Gasteiger partial charge >= 0.3 is 5.97 Å². The van der Waals surface area contributed by atoms with E-state index in [2.05, 4.69) is 30.1 Å². The van der Waals surface area contributed by atoms with Gasteiger partial charge in [0.25, 0.3) is 0 Å². The Hall–Kier alpha value is -6.12. The van der Waals surface area contributed by atoms with E-state index in [-0.39, 0.29) is 33.0 Å². The van der Waals surface area contributed by atoms with Crippen LogP contribution in [0.5, 0.6) is 0 Å². The molecule has 356 valence electrons. The van der Waals surface area contributed by atoms with Crippen molar-refractivity contribution in [3.63, 3.8) is 0 Å². The molecule has 15 atom stereocenters. The zero-order valence-electron chi connectivity index (χ0n) is 37.2. The first kappa shape index (κ1) is 48.3. The summed E-state index contributed by atoms with van der Waals surface area (Å²) in [6, 6.07) is 34.1. The first-order chi connectivity index (χ1) is 33.4. The minimum absolute atomic E-state index is 0.0307. The van der Waals surface area contributed by atoms with Gasteiger partial charge < -0.3 is 52.1 Å². The lowest BCUT2D eigenvalue weighted by Crippen LogP contribution is -2.66. The van der Waals surface area contributed by atoms with Crippen LogP contribution in [0.25, 0.3) is 31.3 Å². The number of nitrogens with zero attached hydrogens (tertiary/aromatic N) is 9. The van der Waals surface area contributed by atoms with Crippen LogP contribution in [0.3, 0.4) is 0 Å². The van der Waals surface area contributed by atoms with E-state index in [4.69, 9.17) is 52.1 Å². The Balaban J connectivity index is 1.16. The molecule has 4 saturated heterocycles. The van der Waals surface area contributed by atoms with Crippen molar-refractivity contribution in [3.05, 3.63) is 175 Å². The third-order valence-corrected chi connectivity index (χ3v) is 12.0. The highest BCUT2D eigenvalue weighted by molar-refractivity contribution is 5.75. The normalized spacial score (nSPS) is 31.9. The van der Waals surface area contributed by atoms with Crippen LogP contribution in [0.2, 0.25) is 0 Å². The molecule has 0 unspecified atom stereocenters. The fraction of sp³-hybridized carbons (Fsp3) is 0.468. The monoisotopic (exact) mass is 933 g/mol. The maximum Gasteiger partial charge on any atom is 0.337 e. The summed E-state index contributed by atoms with van der Waals surface area (Å²) in [5, 5.41) is 12.3. The van der Waals surface area contributed by atoms with Crippen molar-refractivity contribution >= 4 is 5.97 Å². The molecule has 0 aliphatic carbocycles. The number of methoxy groups -OCH3 is 1. The van der Waals surface area contributed by atoms with Crippen LogP contribution in [0, 0.1) is 0 Å². The molecule has 4 heterocycles. The lowest BCUT2D eigenvalue weighted by Gasteiger charge is -2.49. The number of azide groups is 3. The molecule has 4 fully saturated rings. The number of carbonyl (C=O) groups excluding carboxylic acids is 1. The highest BCUT2D eigenvalue weighted by atomic mass is 16.8. The third kappa shape index (κ3) is 11.6. The number of hydrogen-bond donors (Lipinski definition) is 0. The van der Waals surface area contributed by atoms with Crippen molar-refractivity contribution in [2.24, 2.45) is 15.3 Å². The van der Waals surface area contributed by atoms with Crippen LogP contribution in [-0.4, -0.2) is 112 Å². The summed E-state index contributed by atoms with van der Waals surface area (Å²) in [7, 11) is 1.18. The van der Waals surface area contributed by atoms with Gasteiger partial charge in [0, 0.05) is 14.7 Å². The minimum atomic E-state index is -1.63. The molecule has 21 heteroatoms. The Morgan fingerprint density at radius 3 is 1.46 bits per heavy atom. The van der Waals surface area contributed by atoms with Crippen molar-refractivity contribution in [1.29, 1.82) is 0 Å². The summed E-state index contributed by atoms with van der Waals surface area (Å²) >= 11 is 0. The zero-order valence-corrected chi connectivity index (χ0v) is 37.2. The van der Waals surface area contributed by atoms with Crippen molar-refractivity contribution in [1.82, 2.24) is 0 Å². The Morgan fingerprint density at radius 2 is 0.971 bits per heavy atom. The molecule has 8 rings (SSSR count). The minimum Gasteiger partial charge on any atom is -0.467 e. The zero-order chi connectivity index (χ0) is 47.2. The molecule has 0 radical (unpaired) electrons. The molecule has 0 spiro atoms.